The maximum atomic E-state index is 12.4. The van der Waals surface area contributed by atoms with Crippen LogP contribution in [0.1, 0.15) is 6.42 Å². The summed E-state index contributed by atoms with van der Waals surface area (Å²) in [4.78, 5) is 33.9. The van der Waals surface area contributed by atoms with E-state index in [1.54, 1.807) is 0 Å². The lowest BCUT2D eigenvalue weighted by atomic mass is 9.82. The third kappa shape index (κ3) is 2.34. The standard InChI is InChI=1S/C15H14N2O5/c18-14(16-10-3-5-11(6-4-10)17(21)22)12-8-1-2-9(7-8)13(12)15(19)20/h1-6,8-9,12-13H,7H2,(H,16,18)(H,19,20)/t8-,9+,12+,13-/m0/s1. The number of carboxylic acid groups (broad SMARTS) is 1. The Balaban J connectivity index is 1.75. The quantitative estimate of drug-likeness (QED) is 0.502. The van der Waals surface area contributed by atoms with Gasteiger partial charge in [-0.05, 0) is 30.4 Å². The predicted molar refractivity (Wildman–Crippen MR) is 77.1 cm³/mol. The van der Waals surface area contributed by atoms with Gasteiger partial charge >= 0.3 is 5.97 Å². The van der Waals surface area contributed by atoms with Crippen LogP contribution in [-0.2, 0) is 9.59 Å². The normalized spacial score (nSPS) is 28.5. The molecule has 1 fully saturated rings. The van der Waals surface area contributed by atoms with E-state index in [2.05, 4.69) is 5.32 Å². The number of hydrogen-bond donors (Lipinski definition) is 2. The Hall–Kier alpha value is -2.70. The molecule has 1 aromatic carbocycles. The number of hydrogen-bond acceptors (Lipinski definition) is 4. The summed E-state index contributed by atoms with van der Waals surface area (Å²) in [5.74, 6) is -2.74. The number of carbonyl (C=O) groups is 2. The van der Waals surface area contributed by atoms with Crippen molar-refractivity contribution in [1.82, 2.24) is 0 Å². The van der Waals surface area contributed by atoms with Gasteiger partial charge in [0.15, 0.2) is 0 Å². The number of anilines is 1. The van der Waals surface area contributed by atoms with Gasteiger partial charge in [-0.1, -0.05) is 12.2 Å². The van der Waals surface area contributed by atoms with E-state index in [1.807, 2.05) is 12.2 Å². The number of nitrogens with one attached hydrogen (secondary N) is 1. The molecule has 0 heterocycles. The minimum atomic E-state index is -0.958. The van der Waals surface area contributed by atoms with Crippen LogP contribution in [0.15, 0.2) is 36.4 Å². The molecule has 2 N–H and O–H groups in total. The Morgan fingerprint density at radius 1 is 1.14 bits per heavy atom. The first-order valence-electron chi connectivity index (χ1n) is 6.94. The van der Waals surface area contributed by atoms with Crippen molar-refractivity contribution in [1.29, 1.82) is 0 Å². The fourth-order valence-corrected chi connectivity index (χ4v) is 3.41. The Kier molecular flexibility index (Phi) is 3.40. The number of nitro benzene ring substituents is 1. The highest BCUT2D eigenvalue weighted by Crippen LogP contribution is 2.48. The molecule has 114 valence electrons. The van der Waals surface area contributed by atoms with E-state index in [4.69, 9.17) is 0 Å². The number of carbonyl (C=O) groups excluding carboxylic acids is 1. The highest BCUT2D eigenvalue weighted by atomic mass is 16.6. The minimum Gasteiger partial charge on any atom is -0.481 e. The zero-order valence-electron chi connectivity index (χ0n) is 11.5. The Morgan fingerprint density at radius 2 is 1.73 bits per heavy atom. The second kappa shape index (κ2) is 5.25. The summed E-state index contributed by atoms with van der Waals surface area (Å²) in [5.41, 5.74) is 0.357. The predicted octanol–water partition coefficient (Wildman–Crippen LogP) is 2.06. The molecule has 0 saturated heterocycles. The number of aliphatic carboxylic acids is 1. The Bertz CT molecular complexity index is 667. The molecule has 7 heteroatoms. The largest absolute Gasteiger partial charge is 0.481 e. The van der Waals surface area contributed by atoms with Crippen LogP contribution in [0.4, 0.5) is 11.4 Å². The van der Waals surface area contributed by atoms with Crippen molar-refractivity contribution in [3.63, 3.8) is 0 Å². The average molecular weight is 302 g/mol. The number of rotatable bonds is 4. The summed E-state index contributed by atoms with van der Waals surface area (Å²) in [7, 11) is 0. The molecular formula is C15H14N2O5. The van der Waals surface area contributed by atoms with Crippen molar-refractivity contribution in [3.8, 4) is 0 Å². The first-order chi connectivity index (χ1) is 10.5. The molecule has 0 aliphatic heterocycles. The fraction of sp³-hybridized carbons (Fsp3) is 0.333. The van der Waals surface area contributed by atoms with E-state index in [0.717, 1.165) is 0 Å². The van der Waals surface area contributed by atoms with Crippen LogP contribution in [0.5, 0.6) is 0 Å². The van der Waals surface area contributed by atoms with E-state index >= 15 is 0 Å². The lowest BCUT2D eigenvalue weighted by Crippen LogP contribution is -2.36. The van der Waals surface area contributed by atoms with Crippen molar-refractivity contribution < 1.29 is 19.6 Å². The van der Waals surface area contributed by atoms with Crippen LogP contribution in [0.25, 0.3) is 0 Å². The minimum absolute atomic E-state index is 0.0517. The molecule has 2 aliphatic carbocycles. The summed E-state index contributed by atoms with van der Waals surface area (Å²) in [6.07, 6.45) is 4.47. The third-order valence-corrected chi connectivity index (χ3v) is 4.39. The van der Waals surface area contributed by atoms with E-state index in [-0.39, 0.29) is 23.4 Å². The number of fused-ring (bicyclic) bond motifs is 2. The maximum absolute atomic E-state index is 12.4. The van der Waals surface area contributed by atoms with Crippen LogP contribution in [0.2, 0.25) is 0 Å². The summed E-state index contributed by atoms with van der Waals surface area (Å²) in [6, 6.07) is 5.47. The van der Waals surface area contributed by atoms with Gasteiger partial charge in [0.1, 0.15) is 0 Å². The number of amides is 1. The molecule has 1 amide bonds. The van der Waals surface area contributed by atoms with Crippen LogP contribution < -0.4 is 5.32 Å². The van der Waals surface area contributed by atoms with Crippen LogP contribution in [0, 0.1) is 33.8 Å². The fourth-order valence-electron chi connectivity index (χ4n) is 3.41. The van der Waals surface area contributed by atoms with Crippen molar-refractivity contribution in [2.45, 2.75) is 6.42 Å². The van der Waals surface area contributed by atoms with Crippen molar-refractivity contribution >= 4 is 23.3 Å². The maximum Gasteiger partial charge on any atom is 0.307 e. The van der Waals surface area contributed by atoms with Gasteiger partial charge < -0.3 is 10.4 Å². The van der Waals surface area contributed by atoms with E-state index in [9.17, 15) is 24.8 Å². The molecule has 2 aliphatic rings. The number of nitrogens with zero attached hydrogens (tertiary/aromatic N) is 1. The molecule has 0 aromatic heterocycles. The van der Waals surface area contributed by atoms with Crippen molar-refractivity contribution in [2.75, 3.05) is 5.32 Å². The zero-order chi connectivity index (χ0) is 15.9. The van der Waals surface area contributed by atoms with Crippen LogP contribution >= 0.6 is 0 Å². The molecule has 4 atom stereocenters. The number of non-ortho nitro benzene ring substituents is 1. The first-order valence-corrected chi connectivity index (χ1v) is 6.94. The second-order valence-electron chi connectivity index (χ2n) is 5.63. The average Bonchev–Trinajstić information content (AvgIpc) is 3.08. The van der Waals surface area contributed by atoms with Gasteiger partial charge in [0.2, 0.25) is 5.91 Å². The molecule has 3 rings (SSSR count). The number of nitro groups is 1. The first kappa shape index (κ1) is 14.2. The van der Waals surface area contributed by atoms with Crippen LogP contribution in [0.3, 0.4) is 0 Å². The third-order valence-electron chi connectivity index (χ3n) is 4.39. The summed E-state index contributed by atoms with van der Waals surface area (Å²) >= 11 is 0. The zero-order valence-corrected chi connectivity index (χ0v) is 11.5. The van der Waals surface area contributed by atoms with Crippen LogP contribution in [-0.4, -0.2) is 21.9 Å². The molecule has 1 saturated carbocycles. The highest BCUT2D eigenvalue weighted by Gasteiger charge is 2.51. The van der Waals surface area contributed by atoms with E-state index in [1.165, 1.54) is 24.3 Å². The molecule has 0 radical (unpaired) electrons. The number of carboxylic acids is 1. The van der Waals surface area contributed by atoms with E-state index in [0.29, 0.717) is 12.1 Å². The highest BCUT2D eigenvalue weighted by molar-refractivity contribution is 5.96. The molecule has 1 aromatic rings. The molecule has 0 unspecified atom stereocenters. The molecule has 22 heavy (non-hydrogen) atoms. The van der Waals surface area contributed by atoms with Crippen molar-refractivity contribution in [2.24, 2.45) is 23.7 Å². The molecule has 7 nitrogen and oxygen atoms in total. The lowest BCUT2D eigenvalue weighted by molar-refractivity contribution is -0.384. The SMILES string of the molecule is O=C(O)[C@@H]1[C@H](C(=O)Nc2ccc([N+](=O)[O-])cc2)[C@H]2C=C[C@@H]1C2. The molecular weight excluding hydrogens is 288 g/mol. The smallest absolute Gasteiger partial charge is 0.307 e. The summed E-state index contributed by atoms with van der Waals surface area (Å²) < 4.78 is 0. The lowest BCUT2D eigenvalue weighted by Gasteiger charge is -2.23. The van der Waals surface area contributed by atoms with Crippen molar-refractivity contribution in [3.05, 3.63) is 46.5 Å². The topological polar surface area (TPSA) is 110 Å². The number of allylic oxidation sites excluding steroid dienone is 2. The number of benzene rings is 1. The van der Waals surface area contributed by atoms with Gasteiger partial charge in [0, 0.05) is 17.8 Å². The van der Waals surface area contributed by atoms with Gasteiger partial charge in [-0.2, -0.15) is 0 Å². The Morgan fingerprint density at radius 3 is 2.27 bits per heavy atom. The van der Waals surface area contributed by atoms with E-state index < -0.39 is 22.7 Å². The van der Waals surface area contributed by atoms with Gasteiger partial charge in [-0.25, -0.2) is 0 Å². The van der Waals surface area contributed by atoms with Gasteiger partial charge in [0.25, 0.3) is 5.69 Å². The summed E-state index contributed by atoms with van der Waals surface area (Å²) in [6.45, 7) is 0. The second-order valence-corrected chi connectivity index (χ2v) is 5.63. The summed E-state index contributed by atoms with van der Waals surface area (Å²) in [5, 5.41) is 22.6. The molecule has 0 spiro atoms. The Labute approximate surface area is 125 Å². The van der Waals surface area contributed by atoms with Gasteiger partial charge in [-0.3, -0.25) is 19.7 Å². The van der Waals surface area contributed by atoms with Gasteiger partial charge in [0.05, 0.1) is 16.8 Å². The monoisotopic (exact) mass is 302 g/mol. The molecule has 2 bridgehead atoms. The van der Waals surface area contributed by atoms with Gasteiger partial charge in [-0.15, -0.1) is 0 Å².